The molecule has 8 nitrogen and oxygen atoms in total. The second-order valence-electron chi connectivity index (χ2n) is 8.17. The van der Waals surface area contributed by atoms with Crippen molar-refractivity contribution in [1.82, 2.24) is 15.0 Å². The van der Waals surface area contributed by atoms with Crippen LogP contribution < -0.4 is 4.72 Å². The summed E-state index contributed by atoms with van der Waals surface area (Å²) in [6.45, 7) is 4.59. The first-order chi connectivity index (χ1) is 15.7. The van der Waals surface area contributed by atoms with Crippen LogP contribution in [0.1, 0.15) is 47.5 Å². The van der Waals surface area contributed by atoms with Gasteiger partial charge in [0.15, 0.2) is 0 Å². The Labute approximate surface area is 191 Å². The highest BCUT2D eigenvalue weighted by molar-refractivity contribution is 7.92. The van der Waals surface area contributed by atoms with E-state index < -0.39 is 15.8 Å². The molecule has 1 aliphatic heterocycles. The van der Waals surface area contributed by atoms with Crippen molar-refractivity contribution >= 4 is 21.6 Å². The first kappa shape index (κ1) is 22.9. The van der Waals surface area contributed by atoms with Crippen LogP contribution in [0, 0.1) is 19.7 Å². The minimum absolute atomic E-state index is 0.0221. The number of carbonyl (C=O) groups is 1. The highest BCUT2D eigenvalue weighted by atomic mass is 32.2. The zero-order valence-corrected chi connectivity index (χ0v) is 19.3. The minimum atomic E-state index is -3.97. The van der Waals surface area contributed by atoms with Gasteiger partial charge in [-0.25, -0.2) is 12.8 Å². The first-order valence-corrected chi connectivity index (χ1v) is 12.3. The summed E-state index contributed by atoms with van der Waals surface area (Å²) >= 11 is 0. The number of aromatic nitrogens is 2. The van der Waals surface area contributed by atoms with Crippen LogP contribution in [0.3, 0.4) is 0 Å². The van der Waals surface area contributed by atoms with Gasteiger partial charge in [-0.2, -0.15) is 4.98 Å². The molecule has 1 N–H and O–H groups in total. The molecule has 3 aromatic rings. The van der Waals surface area contributed by atoms with Gasteiger partial charge in [0.2, 0.25) is 5.82 Å². The van der Waals surface area contributed by atoms with Gasteiger partial charge in [-0.15, -0.1) is 0 Å². The van der Waals surface area contributed by atoms with Gasteiger partial charge in [0.05, 0.1) is 10.6 Å². The van der Waals surface area contributed by atoms with Gasteiger partial charge in [-0.05, 0) is 62.1 Å². The van der Waals surface area contributed by atoms with E-state index in [9.17, 15) is 17.6 Å². The highest BCUT2D eigenvalue weighted by Crippen LogP contribution is 2.27. The predicted octanol–water partition coefficient (Wildman–Crippen LogP) is 4.31. The number of halogens is 1. The number of sulfonamides is 1. The molecule has 174 valence electrons. The molecule has 0 unspecified atom stereocenters. The van der Waals surface area contributed by atoms with Crippen molar-refractivity contribution in [2.24, 2.45) is 0 Å². The molecule has 4 rings (SSSR count). The lowest BCUT2D eigenvalue weighted by atomic mass is 10.1. The fourth-order valence-electron chi connectivity index (χ4n) is 3.81. The molecule has 0 spiro atoms. The minimum Gasteiger partial charge on any atom is -0.334 e. The standard InChI is InChI=1S/C23H25FN4O4S/c1-15-7-8-17(14-20(15)33(30,31)27-19-10-9-18(24)13-16(19)2)21-25-22(32-26-21)23(29)28-11-5-3-4-6-12-28/h7-10,13-14,27H,3-6,11-12H2,1-2H3. The van der Waals surface area contributed by atoms with Crippen LogP contribution in [-0.4, -0.2) is 42.5 Å². The molecule has 1 aliphatic rings. The van der Waals surface area contributed by atoms with Crippen molar-refractivity contribution < 1.29 is 22.1 Å². The molecule has 1 fully saturated rings. The van der Waals surface area contributed by atoms with Crippen LogP contribution in [0.5, 0.6) is 0 Å². The van der Waals surface area contributed by atoms with Crippen molar-refractivity contribution in [2.75, 3.05) is 17.8 Å². The van der Waals surface area contributed by atoms with E-state index in [0.717, 1.165) is 25.7 Å². The third-order valence-corrected chi connectivity index (χ3v) is 7.18. The second-order valence-corrected chi connectivity index (χ2v) is 9.83. The fraction of sp³-hybridized carbons (Fsp3) is 0.348. The van der Waals surface area contributed by atoms with Gasteiger partial charge >= 0.3 is 11.8 Å². The van der Waals surface area contributed by atoms with Crippen LogP contribution in [0.25, 0.3) is 11.4 Å². The van der Waals surface area contributed by atoms with E-state index in [1.54, 1.807) is 30.9 Å². The summed E-state index contributed by atoms with van der Waals surface area (Å²) in [4.78, 5) is 18.7. The van der Waals surface area contributed by atoms with E-state index >= 15 is 0 Å². The Morgan fingerprint density at radius 2 is 1.76 bits per heavy atom. The van der Waals surface area contributed by atoms with Crippen LogP contribution in [0.2, 0.25) is 0 Å². The normalized spacial score (nSPS) is 14.7. The Hall–Kier alpha value is -3.27. The quantitative estimate of drug-likeness (QED) is 0.593. The van der Waals surface area contributed by atoms with Gasteiger partial charge in [0.25, 0.3) is 10.0 Å². The molecule has 33 heavy (non-hydrogen) atoms. The lowest BCUT2D eigenvalue weighted by Gasteiger charge is -2.17. The lowest BCUT2D eigenvalue weighted by molar-refractivity contribution is 0.0711. The molecule has 0 radical (unpaired) electrons. The average molecular weight is 473 g/mol. The number of nitrogens with zero attached hydrogens (tertiary/aromatic N) is 3. The zero-order valence-electron chi connectivity index (χ0n) is 18.5. The Bertz CT molecular complexity index is 1280. The topological polar surface area (TPSA) is 105 Å². The molecule has 2 heterocycles. The summed E-state index contributed by atoms with van der Waals surface area (Å²) < 4.78 is 47.2. The molecule has 0 aliphatic carbocycles. The Morgan fingerprint density at radius 1 is 1.03 bits per heavy atom. The Kier molecular flexibility index (Phi) is 6.46. The number of carbonyl (C=O) groups excluding carboxylic acids is 1. The summed E-state index contributed by atoms with van der Waals surface area (Å²) in [7, 11) is -3.97. The molecular formula is C23H25FN4O4S. The van der Waals surface area contributed by atoms with Gasteiger partial charge in [0.1, 0.15) is 5.82 Å². The SMILES string of the molecule is Cc1cc(F)ccc1NS(=O)(=O)c1cc(-c2noc(C(=O)N3CCCCCC3)n2)ccc1C. The first-order valence-electron chi connectivity index (χ1n) is 10.8. The molecule has 0 saturated carbocycles. The lowest BCUT2D eigenvalue weighted by Crippen LogP contribution is -2.32. The molecule has 1 amide bonds. The van der Waals surface area contributed by atoms with Crippen LogP contribution >= 0.6 is 0 Å². The van der Waals surface area contributed by atoms with E-state index in [1.807, 2.05) is 0 Å². The van der Waals surface area contributed by atoms with Crippen molar-refractivity contribution in [3.05, 3.63) is 59.2 Å². The molecule has 10 heteroatoms. The van der Waals surface area contributed by atoms with Gasteiger partial charge in [0, 0.05) is 18.7 Å². The van der Waals surface area contributed by atoms with Crippen LogP contribution in [-0.2, 0) is 10.0 Å². The molecule has 0 atom stereocenters. The van der Waals surface area contributed by atoms with Crippen molar-refractivity contribution in [3.63, 3.8) is 0 Å². The Balaban J connectivity index is 1.60. The number of hydrogen-bond acceptors (Lipinski definition) is 6. The van der Waals surface area contributed by atoms with Crippen LogP contribution in [0.15, 0.2) is 45.8 Å². The maximum atomic E-state index is 13.4. The third-order valence-electron chi connectivity index (χ3n) is 5.67. The van der Waals surface area contributed by atoms with Crippen molar-refractivity contribution in [2.45, 2.75) is 44.4 Å². The van der Waals surface area contributed by atoms with E-state index in [1.165, 1.54) is 24.3 Å². The number of hydrogen-bond donors (Lipinski definition) is 1. The molecule has 1 aromatic heterocycles. The van der Waals surface area contributed by atoms with E-state index in [4.69, 9.17) is 4.52 Å². The Morgan fingerprint density at radius 3 is 2.45 bits per heavy atom. The largest absolute Gasteiger partial charge is 0.334 e. The molecule has 2 aromatic carbocycles. The average Bonchev–Trinajstić information content (AvgIpc) is 3.10. The van der Waals surface area contributed by atoms with E-state index in [-0.39, 0.29) is 28.2 Å². The number of benzene rings is 2. The van der Waals surface area contributed by atoms with E-state index in [2.05, 4.69) is 14.9 Å². The van der Waals surface area contributed by atoms with Crippen molar-refractivity contribution in [3.8, 4) is 11.4 Å². The number of rotatable bonds is 5. The second kappa shape index (κ2) is 9.30. The number of likely N-dealkylation sites (tertiary alicyclic amines) is 1. The monoisotopic (exact) mass is 472 g/mol. The maximum Gasteiger partial charge on any atom is 0.316 e. The smallest absolute Gasteiger partial charge is 0.316 e. The summed E-state index contributed by atoms with van der Waals surface area (Å²) in [5, 5.41) is 3.90. The fourth-order valence-corrected chi connectivity index (χ4v) is 5.21. The summed E-state index contributed by atoms with van der Waals surface area (Å²) in [5.74, 6) is -0.750. The zero-order chi connectivity index (χ0) is 23.6. The summed E-state index contributed by atoms with van der Waals surface area (Å²) in [6.07, 6.45) is 4.05. The molecule has 1 saturated heterocycles. The summed E-state index contributed by atoms with van der Waals surface area (Å²) in [5.41, 5.74) is 1.65. The third kappa shape index (κ3) is 5.05. The number of anilines is 1. The number of aryl methyl sites for hydroxylation is 2. The molecular weight excluding hydrogens is 447 g/mol. The summed E-state index contributed by atoms with van der Waals surface area (Å²) in [6, 6.07) is 8.55. The van der Waals surface area contributed by atoms with Gasteiger partial charge in [-0.1, -0.05) is 30.1 Å². The maximum absolute atomic E-state index is 13.4. The number of nitrogens with one attached hydrogen (secondary N) is 1. The predicted molar refractivity (Wildman–Crippen MR) is 121 cm³/mol. The van der Waals surface area contributed by atoms with Gasteiger partial charge < -0.3 is 9.42 Å². The highest BCUT2D eigenvalue weighted by Gasteiger charge is 2.25. The van der Waals surface area contributed by atoms with Gasteiger partial charge in [-0.3, -0.25) is 9.52 Å². The van der Waals surface area contributed by atoms with Crippen molar-refractivity contribution in [1.29, 1.82) is 0 Å². The van der Waals surface area contributed by atoms with E-state index in [0.29, 0.717) is 29.8 Å². The molecule has 0 bridgehead atoms. The number of amides is 1. The van der Waals surface area contributed by atoms with Crippen LogP contribution in [0.4, 0.5) is 10.1 Å².